The zero-order chi connectivity index (χ0) is 14.7. The van der Waals surface area contributed by atoms with Gasteiger partial charge in [0, 0.05) is 12.2 Å². The first-order valence-electron chi connectivity index (χ1n) is 7.14. The Morgan fingerprint density at radius 2 is 1.86 bits per heavy atom. The molecule has 4 nitrogen and oxygen atoms in total. The van der Waals surface area contributed by atoms with Gasteiger partial charge in [0.1, 0.15) is 11.6 Å². The molecule has 2 N–H and O–H groups in total. The van der Waals surface area contributed by atoms with Crippen LogP contribution in [0.4, 0.5) is 5.69 Å². The highest BCUT2D eigenvalue weighted by atomic mass is 16.5. The molecule has 21 heavy (non-hydrogen) atoms. The van der Waals surface area contributed by atoms with Gasteiger partial charge in [-0.2, -0.15) is 0 Å². The summed E-state index contributed by atoms with van der Waals surface area (Å²) < 4.78 is 7.96. The predicted molar refractivity (Wildman–Crippen MR) is 85.4 cm³/mol. The number of imidazole rings is 1. The Morgan fingerprint density at radius 3 is 2.67 bits per heavy atom. The Hall–Kier alpha value is -2.49. The molecular weight excluding hydrogens is 262 g/mol. The van der Waals surface area contributed by atoms with Gasteiger partial charge >= 0.3 is 0 Å². The van der Waals surface area contributed by atoms with E-state index in [1.165, 1.54) is 5.52 Å². The van der Waals surface area contributed by atoms with Crippen molar-refractivity contribution in [3.05, 3.63) is 54.4 Å². The molecule has 3 aromatic rings. The smallest absolute Gasteiger partial charge is 0.119 e. The highest BCUT2D eigenvalue weighted by molar-refractivity contribution is 5.75. The van der Waals surface area contributed by atoms with Crippen LogP contribution in [0.25, 0.3) is 11.0 Å². The molecule has 0 aliphatic carbocycles. The molecule has 108 valence electrons. The molecule has 0 saturated heterocycles. The number of nitrogen functional groups attached to an aromatic ring is 1. The minimum Gasteiger partial charge on any atom is -0.494 e. The van der Waals surface area contributed by atoms with Crippen LogP contribution in [0.2, 0.25) is 0 Å². The van der Waals surface area contributed by atoms with Crippen LogP contribution in [0.1, 0.15) is 12.2 Å². The molecular formula is C17H19N3O. The molecule has 0 bridgehead atoms. The monoisotopic (exact) mass is 281 g/mol. The lowest BCUT2D eigenvalue weighted by atomic mass is 10.3. The second-order valence-corrected chi connectivity index (χ2v) is 5.07. The van der Waals surface area contributed by atoms with E-state index in [1.54, 1.807) is 0 Å². The van der Waals surface area contributed by atoms with E-state index in [-0.39, 0.29) is 0 Å². The van der Waals surface area contributed by atoms with Gasteiger partial charge in [-0.15, -0.1) is 0 Å². The summed E-state index contributed by atoms with van der Waals surface area (Å²) in [6.07, 6.45) is 0.936. The topological polar surface area (TPSA) is 53.1 Å². The van der Waals surface area contributed by atoms with Crippen LogP contribution >= 0.6 is 0 Å². The van der Waals surface area contributed by atoms with Crippen LogP contribution in [0.15, 0.2) is 48.5 Å². The van der Waals surface area contributed by atoms with Gasteiger partial charge in [-0.05, 0) is 49.7 Å². The molecule has 1 heterocycles. The van der Waals surface area contributed by atoms with Crippen LogP contribution in [0.5, 0.6) is 5.75 Å². The van der Waals surface area contributed by atoms with Gasteiger partial charge in [-0.25, -0.2) is 4.98 Å². The number of anilines is 1. The second-order valence-electron chi connectivity index (χ2n) is 5.07. The molecule has 0 spiro atoms. The molecule has 3 rings (SSSR count). The molecule has 0 aliphatic heterocycles. The lowest BCUT2D eigenvalue weighted by Crippen LogP contribution is -2.06. The second kappa shape index (κ2) is 5.87. The van der Waals surface area contributed by atoms with E-state index in [1.807, 2.05) is 49.4 Å². The summed E-state index contributed by atoms with van der Waals surface area (Å²) in [6, 6.07) is 15.7. The summed E-state index contributed by atoms with van der Waals surface area (Å²) in [5, 5.41) is 0. The van der Waals surface area contributed by atoms with Gasteiger partial charge < -0.3 is 15.0 Å². The molecule has 0 atom stereocenters. The fourth-order valence-electron chi connectivity index (χ4n) is 2.45. The van der Waals surface area contributed by atoms with Crippen LogP contribution in [0, 0.1) is 6.92 Å². The van der Waals surface area contributed by atoms with E-state index >= 15 is 0 Å². The lowest BCUT2D eigenvalue weighted by Gasteiger charge is -2.09. The number of benzene rings is 2. The van der Waals surface area contributed by atoms with E-state index in [0.29, 0.717) is 6.61 Å². The summed E-state index contributed by atoms with van der Waals surface area (Å²) in [6.45, 7) is 3.62. The summed E-state index contributed by atoms with van der Waals surface area (Å²) >= 11 is 0. The largest absolute Gasteiger partial charge is 0.494 e. The van der Waals surface area contributed by atoms with Crippen molar-refractivity contribution in [2.45, 2.75) is 19.9 Å². The van der Waals surface area contributed by atoms with Gasteiger partial charge in [0.2, 0.25) is 0 Å². The number of hydrogen-bond donors (Lipinski definition) is 1. The van der Waals surface area contributed by atoms with Crippen molar-refractivity contribution >= 4 is 16.7 Å². The highest BCUT2D eigenvalue weighted by Gasteiger charge is 2.05. The number of hydrogen-bond acceptors (Lipinski definition) is 3. The normalized spacial score (nSPS) is 10.9. The maximum Gasteiger partial charge on any atom is 0.119 e. The van der Waals surface area contributed by atoms with Gasteiger partial charge in [0.05, 0.1) is 17.6 Å². The van der Waals surface area contributed by atoms with Crippen molar-refractivity contribution in [2.75, 3.05) is 12.3 Å². The zero-order valence-corrected chi connectivity index (χ0v) is 12.1. The Balaban J connectivity index is 1.59. The van der Waals surface area contributed by atoms with Gasteiger partial charge in [0.15, 0.2) is 0 Å². The maximum absolute atomic E-state index is 5.72. The third-order valence-corrected chi connectivity index (χ3v) is 3.52. The average Bonchev–Trinajstić information content (AvgIpc) is 2.81. The van der Waals surface area contributed by atoms with Gasteiger partial charge in [-0.3, -0.25) is 0 Å². The third-order valence-electron chi connectivity index (χ3n) is 3.52. The number of para-hydroxylation sites is 2. The number of fused-ring (bicyclic) bond motifs is 1. The number of aryl methyl sites for hydroxylation is 2. The summed E-state index contributed by atoms with van der Waals surface area (Å²) in [7, 11) is 0. The van der Waals surface area contributed by atoms with Crippen LogP contribution in [-0.2, 0) is 6.54 Å². The Kier molecular flexibility index (Phi) is 3.77. The van der Waals surface area contributed by atoms with Crippen molar-refractivity contribution in [2.24, 2.45) is 0 Å². The molecule has 1 aromatic heterocycles. The minimum atomic E-state index is 0.676. The minimum absolute atomic E-state index is 0.676. The van der Waals surface area contributed by atoms with E-state index in [0.717, 1.165) is 35.7 Å². The van der Waals surface area contributed by atoms with E-state index in [2.05, 4.69) is 15.6 Å². The summed E-state index contributed by atoms with van der Waals surface area (Å²) in [5.74, 6) is 1.90. The fraction of sp³-hybridized carbons (Fsp3) is 0.235. The molecule has 0 fully saturated rings. The standard InChI is InChI=1S/C17H19N3O/c1-13-19-16-5-2-3-6-17(16)20(13)11-4-12-21-15-9-7-14(18)8-10-15/h2-3,5-10H,4,11-12,18H2,1H3. The van der Waals surface area contributed by atoms with Crippen molar-refractivity contribution in [3.8, 4) is 5.75 Å². The first-order valence-corrected chi connectivity index (χ1v) is 7.14. The molecule has 0 saturated carbocycles. The van der Waals surface area contributed by atoms with Crippen molar-refractivity contribution in [1.82, 2.24) is 9.55 Å². The lowest BCUT2D eigenvalue weighted by molar-refractivity contribution is 0.302. The summed E-state index contributed by atoms with van der Waals surface area (Å²) in [5.41, 5.74) is 8.64. The summed E-state index contributed by atoms with van der Waals surface area (Å²) in [4.78, 5) is 4.57. The van der Waals surface area contributed by atoms with Crippen molar-refractivity contribution < 1.29 is 4.74 Å². The van der Waals surface area contributed by atoms with E-state index in [9.17, 15) is 0 Å². The predicted octanol–water partition coefficient (Wildman–Crippen LogP) is 3.40. The fourth-order valence-corrected chi connectivity index (χ4v) is 2.45. The number of rotatable bonds is 5. The van der Waals surface area contributed by atoms with Crippen molar-refractivity contribution in [1.29, 1.82) is 0 Å². The maximum atomic E-state index is 5.72. The number of nitrogens with two attached hydrogens (primary N) is 1. The van der Waals surface area contributed by atoms with Gasteiger partial charge in [0.25, 0.3) is 0 Å². The molecule has 0 radical (unpaired) electrons. The molecule has 4 heteroatoms. The molecule has 0 unspecified atom stereocenters. The third kappa shape index (κ3) is 2.99. The van der Waals surface area contributed by atoms with Crippen molar-refractivity contribution in [3.63, 3.8) is 0 Å². The van der Waals surface area contributed by atoms with Crippen LogP contribution < -0.4 is 10.5 Å². The first-order chi connectivity index (χ1) is 10.2. The first kappa shape index (κ1) is 13.5. The molecule has 0 aliphatic rings. The SMILES string of the molecule is Cc1nc2ccccc2n1CCCOc1ccc(N)cc1. The number of aromatic nitrogens is 2. The van der Waals surface area contributed by atoms with Crippen LogP contribution in [-0.4, -0.2) is 16.2 Å². The average molecular weight is 281 g/mol. The van der Waals surface area contributed by atoms with Gasteiger partial charge in [-0.1, -0.05) is 12.1 Å². The Bertz CT molecular complexity index is 731. The molecule has 0 amide bonds. The van der Waals surface area contributed by atoms with E-state index in [4.69, 9.17) is 10.5 Å². The highest BCUT2D eigenvalue weighted by Crippen LogP contribution is 2.16. The molecule has 2 aromatic carbocycles. The van der Waals surface area contributed by atoms with Crippen LogP contribution in [0.3, 0.4) is 0 Å². The quantitative estimate of drug-likeness (QED) is 0.576. The number of nitrogens with zero attached hydrogens (tertiary/aromatic N) is 2. The Morgan fingerprint density at radius 1 is 1.10 bits per heavy atom. The zero-order valence-electron chi connectivity index (χ0n) is 12.1. The number of ether oxygens (including phenoxy) is 1. The Labute approximate surface area is 124 Å². The van der Waals surface area contributed by atoms with E-state index < -0.39 is 0 Å².